The van der Waals surface area contributed by atoms with E-state index < -0.39 is 16.1 Å². The van der Waals surface area contributed by atoms with Crippen LogP contribution in [0, 0.1) is 6.92 Å². The third-order valence-electron chi connectivity index (χ3n) is 3.73. The molecule has 1 aliphatic rings. The van der Waals surface area contributed by atoms with Gasteiger partial charge < -0.3 is 15.7 Å². The second-order valence-corrected chi connectivity index (χ2v) is 7.70. The van der Waals surface area contributed by atoms with E-state index in [1.165, 1.54) is 4.31 Å². The van der Waals surface area contributed by atoms with Crippen LogP contribution in [0.4, 0.5) is 5.69 Å². The predicted octanol–water partition coefficient (Wildman–Crippen LogP) is 0.263. The molecule has 1 aromatic carbocycles. The van der Waals surface area contributed by atoms with Gasteiger partial charge in [-0.05, 0) is 39.1 Å². The minimum absolute atomic E-state index is 0.120. The van der Waals surface area contributed by atoms with Crippen molar-refractivity contribution in [2.24, 2.45) is 0 Å². The molecule has 6 nitrogen and oxygen atoms in total. The van der Waals surface area contributed by atoms with E-state index in [9.17, 15) is 13.5 Å². The number of aliphatic hydroxyl groups is 1. The molecular weight excluding hydrogens is 290 g/mol. The number of rotatable bonds is 4. The van der Waals surface area contributed by atoms with Crippen molar-refractivity contribution in [3.8, 4) is 0 Å². The Bertz CT molecular complexity index is 596. The Morgan fingerprint density at radius 1 is 1.43 bits per heavy atom. The molecule has 0 aliphatic carbocycles. The number of sulfonamides is 1. The molecule has 7 heteroatoms. The van der Waals surface area contributed by atoms with E-state index >= 15 is 0 Å². The van der Waals surface area contributed by atoms with Crippen LogP contribution in [0.25, 0.3) is 0 Å². The van der Waals surface area contributed by atoms with Gasteiger partial charge in [0, 0.05) is 19.1 Å². The zero-order valence-electron chi connectivity index (χ0n) is 12.7. The smallest absolute Gasteiger partial charge is 0.245 e. The van der Waals surface area contributed by atoms with Crippen molar-refractivity contribution in [1.29, 1.82) is 0 Å². The molecule has 1 aromatic rings. The average molecular weight is 313 g/mol. The van der Waals surface area contributed by atoms with Gasteiger partial charge in [0.05, 0.1) is 11.8 Å². The fourth-order valence-corrected chi connectivity index (χ4v) is 4.88. The minimum Gasteiger partial charge on any atom is -0.398 e. The summed E-state index contributed by atoms with van der Waals surface area (Å²) in [6, 6.07) is 4.82. The first kappa shape index (κ1) is 16.2. The number of nitrogens with zero attached hydrogens (tertiary/aromatic N) is 2. The Morgan fingerprint density at radius 2 is 2.10 bits per heavy atom. The molecule has 0 radical (unpaired) electrons. The second-order valence-electron chi connectivity index (χ2n) is 5.87. The standard InChI is InChI=1S/C14H23N3O3S/c1-10-5-4-6-13(15)14(10)21(19,20)17-9-12(18)7-11(17)8-16(2)3/h4-6,11-12,18H,7-9,15H2,1-3H3. The fourth-order valence-electron chi connectivity index (χ4n) is 2.89. The minimum atomic E-state index is -3.71. The quantitative estimate of drug-likeness (QED) is 0.779. The SMILES string of the molecule is Cc1cccc(N)c1S(=O)(=O)N1CC(O)CC1CN(C)C. The Morgan fingerprint density at radius 3 is 2.67 bits per heavy atom. The summed E-state index contributed by atoms with van der Waals surface area (Å²) in [7, 11) is 0.0670. The van der Waals surface area contributed by atoms with Crippen LogP contribution >= 0.6 is 0 Å². The van der Waals surface area contributed by atoms with Gasteiger partial charge in [-0.15, -0.1) is 0 Å². The molecule has 3 N–H and O–H groups in total. The fraction of sp³-hybridized carbons (Fsp3) is 0.571. The number of benzene rings is 1. The predicted molar refractivity (Wildman–Crippen MR) is 82.4 cm³/mol. The van der Waals surface area contributed by atoms with Crippen LogP contribution in [0.5, 0.6) is 0 Å². The zero-order chi connectivity index (χ0) is 15.8. The van der Waals surface area contributed by atoms with Gasteiger partial charge in [0.25, 0.3) is 0 Å². The van der Waals surface area contributed by atoms with Crippen LogP contribution in [0.3, 0.4) is 0 Å². The van der Waals surface area contributed by atoms with E-state index in [-0.39, 0.29) is 23.2 Å². The van der Waals surface area contributed by atoms with Crippen LogP contribution in [-0.4, -0.2) is 62.1 Å². The van der Waals surface area contributed by atoms with Crippen LogP contribution in [-0.2, 0) is 10.0 Å². The number of β-amino-alcohol motifs (C(OH)–C–C–N with tert-alkyl or cyclic N) is 1. The number of aliphatic hydroxyl groups excluding tert-OH is 1. The van der Waals surface area contributed by atoms with Crippen molar-refractivity contribution in [2.45, 2.75) is 30.4 Å². The maximum absolute atomic E-state index is 12.9. The summed E-state index contributed by atoms with van der Waals surface area (Å²) in [5.41, 5.74) is 6.75. The molecule has 0 bridgehead atoms. The van der Waals surface area contributed by atoms with E-state index in [4.69, 9.17) is 5.73 Å². The van der Waals surface area contributed by atoms with Crippen LogP contribution in [0.2, 0.25) is 0 Å². The highest BCUT2D eigenvalue weighted by Gasteiger charge is 2.40. The average Bonchev–Trinajstić information content (AvgIpc) is 2.69. The lowest BCUT2D eigenvalue weighted by Crippen LogP contribution is -2.41. The summed E-state index contributed by atoms with van der Waals surface area (Å²) in [6.45, 7) is 2.42. The van der Waals surface area contributed by atoms with Crippen LogP contribution in [0.1, 0.15) is 12.0 Å². The molecule has 0 saturated carbocycles. The molecule has 1 aliphatic heterocycles. The molecule has 2 atom stereocenters. The molecule has 1 heterocycles. The molecular formula is C14H23N3O3S. The Hall–Kier alpha value is -1.15. The summed E-state index contributed by atoms with van der Waals surface area (Å²) in [5, 5.41) is 9.88. The lowest BCUT2D eigenvalue weighted by Gasteiger charge is -2.27. The van der Waals surface area contributed by atoms with E-state index in [1.807, 2.05) is 19.0 Å². The number of aryl methyl sites for hydroxylation is 1. The van der Waals surface area contributed by atoms with Crippen molar-refractivity contribution in [3.05, 3.63) is 23.8 Å². The van der Waals surface area contributed by atoms with E-state index in [1.54, 1.807) is 25.1 Å². The summed E-state index contributed by atoms with van der Waals surface area (Å²) in [4.78, 5) is 2.08. The van der Waals surface area contributed by atoms with E-state index in [0.29, 0.717) is 18.5 Å². The number of nitrogens with two attached hydrogens (primary N) is 1. The lowest BCUT2D eigenvalue weighted by atomic mass is 10.2. The largest absolute Gasteiger partial charge is 0.398 e. The topological polar surface area (TPSA) is 86.9 Å². The highest BCUT2D eigenvalue weighted by molar-refractivity contribution is 7.89. The van der Waals surface area contributed by atoms with Gasteiger partial charge in [-0.3, -0.25) is 0 Å². The molecule has 2 unspecified atom stereocenters. The van der Waals surface area contributed by atoms with Crippen molar-refractivity contribution < 1.29 is 13.5 Å². The number of likely N-dealkylation sites (N-methyl/N-ethyl adjacent to an activating group) is 1. The highest BCUT2D eigenvalue weighted by Crippen LogP contribution is 2.31. The van der Waals surface area contributed by atoms with Gasteiger partial charge in [-0.2, -0.15) is 4.31 Å². The highest BCUT2D eigenvalue weighted by atomic mass is 32.2. The van der Waals surface area contributed by atoms with Gasteiger partial charge in [-0.25, -0.2) is 8.42 Å². The molecule has 0 amide bonds. The summed E-state index contributed by atoms with van der Waals surface area (Å²) in [6.07, 6.45) is -0.182. The van der Waals surface area contributed by atoms with Gasteiger partial charge in [-0.1, -0.05) is 12.1 Å². The van der Waals surface area contributed by atoms with Crippen LogP contribution < -0.4 is 5.73 Å². The van der Waals surface area contributed by atoms with Gasteiger partial charge >= 0.3 is 0 Å². The van der Waals surface area contributed by atoms with Crippen LogP contribution in [0.15, 0.2) is 23.1 Å². The number of anilines is 1. The third kappa shape index (κ3) is 3.21. The lowest BCUT2D eigenvalue weighted by molar-refractivity contribution is 0.188. The Labute approximate surface area is 126 Å². The second kappa shape index (κ2) is 5.92. The molecule has 21 heavy (non-hydrogen) atoms. The van der Waals surface area contributed by atoms with Gasteiger partial charge in [0.15, 0.2) is 0 Å². The van der Waals surface area contributed by atoms with Gasteiger partial charge in [0.1, 0.15) is 4.90 Å². The van der Waals surface area contributed by atoms with Crippen molar-refractivity contribution in [2.75, 3.05) is 32.9 Å². The molecule has 1 fully saturated rings. The van der Waals surface area contributed by atoms with Crippen molar-refractivity contribution >= 4 is 15.7 Å². The summed E-state index contributed by atoms with van der Waals surface area (Å²) in [5.74, 6) is 0. The number of nitrogen functional groups attached to an aromatic ring is 1. The Balaban J connectivity index is 2.42. The molecule has 0 spiro atoms. The van der Waals surface area contributed by atoms with Gasteiger partial charge in [0.2, 0.25) is 10.0 Å². The zero-order valence-corrected chi connectivity index (χ0v) is 13.5. The molecule has 0 aromatic heterocycles. The summed E-state index contributed by atoms with van der Waals surface area (Å²) >= 11 is 0. The Kier molecular flexibility index (Phi) is 4.57. The van der Waals surface area contributed by atoms with Crippen molar-refractivity contribution in [3.63, 3.8) is 0 Å². The molecule has 118 valence electrons. The normalized spacial score (nSPS) is 23.9. The molecule has 1 saturated heterocycles. The monoisotopic (exact) mass is 313 g/mol. The first-order chi connectivity index (χ1) is 9.73. The van der Waals surface area contributed by atoms with E-state index in [2.05, 4.69) is 0 Å². The number of hydrogen-bond acceptors (Lipinski definition) is 5. The molecule has 2 rings (SSSR count). The van der Waals surface area contributed by atoms with Crippen molar-refractivity contribution in [1.82, 2.24) is 9.21 Å². The first-order valence-electron chi connectivity index (χ1n) is 6.93. The maximum Gasteiger partial charge on any atom is 0.245 e. The maximum atomic E-state index is 12.9. The number of hydrogen-bond donors (Lipinski definition) is 2. The summed E-state index contributed by atoms with van der Waals surface area (Å²) < 4.78 is 27.2. The van der Waals surface area contributed by atoms with E-state index in [0.717, 1.165) is 0 Å². The third-order valence-corrected chi connectivity index (χ3v) is 5.87. The first-order valence-corrected chi connectivity index (χ1v) is 8.37.